The van der Waals surface area contributed by atoms with E-state index < -0.39 is 4.92 Å². The SMILES string of the molecule is CCc1nnc(-n2nc(-c3ccccc3)cc2-c2ccccc2)n1/N=C\c1ccc(-c2ccc(Cl)c([N+](=O)[O-])c2)o1. The van der Waals surface area contributed by atoms with Crippen molar-refractivity contribution in [2.24, 2.45) is 5.10 Å². The van der Waals surface area contributed by atoms with Gasteiger partial charge in [0.2, 0.25) is 0 Å². The van der Waals surface area contributed by atoms with Crippen LogP contribution in [0.2, 0.25) is 5.02 Å². The molecule has 0 radical (unpaired) electrons. The molecule has 0 saturated heterocycles. The fourth-order valence-corrected chi connectivity index (χ4v) is 4.56. The average molecular weight is 564 g/mol. The third kappa shape index (κ3) is 5.15. The molecule has 41 heavy (non-hydrogen) atoms. The number of furan rings is 1. The van der Waals surface area contributed by atoms with Crippen LogP contribution in [0.4, 0.5) is 5.69 Å². The Morgan fingerprint density at radius 2 is 1.66 bits per heavy atom. The highest BCUT2D eigenvalue weighted by molar-refractivity contribution is 6.32. The molecule has 6 rings (SSSR count). The van der Waals surface area contributed by atoms with Crippen molar-refractivity contribution in [3.05, 3.63) is 124 Å². The number of halogens is 1. The van der Waals surface area contributed by atoms with E-state index in [1.165, 1.54) is 12.1 Å². The zero-order valence-electron chi connectivity index (χ0n) is 21.8. The molecule has 0 N–H and O–H groups in total. The van der Waals surface area contributed by atoms with E-state index >= 15 is 0 Å². The number of benzene rings is 3. The van der Waals surface area contributed by atoms with Crippen molar-refractivity contribution >= 4 is 23.5 Å². The lowest BCUT2D eigenvalue weighted by Crippen LogP contribution is -2.08. The van der Waals surface area contributed by atoms with Gasteiger partial charge in [0.05, 0.1) is 22.5 Å². The summed E-state index contributed by atoms with van der Waals surface area (Å²) < 4.78 is 9.29. The van der Waals surface area contributed by atoms with Crippen molar-refractivity contribution in [3.63, 3.8) is 0 Å². The Kier molecular flexibility index (Phi) is 6.97. The standard InChI is InChI=1S/C30H22ClN7O3/c1-2-29-33-34-30(36-26(21-11-7-4-8-12-21)18-25(35-36)20-9-5-3-6-10-20)37(29)32-19-23-14-16-28(41-23)22-13-15-24(31)27(17-22)38(39)40/h3-19H,2H2,1H3/b32-19-. The Labute approximate surface area is 239 Å². The predicted molar refractivity (Wildman–Crippen MR) is 156 cm³/mol. The predicted octanol–water partition coefficient (Wildman–Crippen LogP) is 7.06. The smallest absolute Gasteiger partial charge is 0.288 e. The molecular formula is C30H22ClN7O3. The maximum absolute atomic E-state index is 11.3. The van der Waals surface area contributed by atoms with Gasteiger partial charge >= 0.3 is 0 Å². The summed E-state index contributed by atoms with van der Waals surface area (Å²) >= 11 is 5.96. The first-order valence-corrected chi connectivity index (χ1v) is 13.1. The number of nitrogens with zero attached hydrogens (tertiary/aromatic N) is 7. The van der Waals surface area contributed by atoms with E-state index in [0.717, 1.165) is 22.5 Å². The third-order valence-electron chi connectivity index (χ3n) is 6.40. The normalized spacial score (nSPS) is 11.4. The van der Waals surface area contributed by atoms with E-state index in [9.17, 15) is 10.1 Å². The fourth-order valence-electron chi connectivity index (χ4n) is 4.37. The quantitative estimate of drug-likeness (QED) is 0.111. The van der Waals surface area contributed by atoms with E-state index in [1.54, 1.807) is 33.8 Å². The first kappa shape index (κ1) is 25.9. The molecule has 0 atom stereocenters. The largest absolute Gasteiger partial charge is 0.455 e. The van der Waals surface area contributed by atoms with Crippen LogP contribution in [0, 0.1) is 10.1 Å². The Bertz CT molecular complexity index is 1870. The number of nitro groups is 1. The number of aryl methyl sites for hydroxylation is 1. The van der Waals surface area contributed by atoms with Crippen LogP contribution in [0.15, 0.2) is 107 Å². The molecule has 0 aliphatic rings. The molecule has 3 aromatic carbocycles. The van der Waals surface area contributed by atoms with Gasteiger partial charge in [-0.2, -0.15) is 19.6 Å². The lowest BCUT2D eigenvalue weighted by atomic mass is 10.1. The fraction of sp³-hybridized carbons (Fsp3) is 0.0667. The highest BCUT2D eigenvalue weighted by atomic mass is 35.5. The third-order valence-corrected chi connectivity index (χ3v) is 6.72. The van der Waals surface area contributed by atoms with Crippen molar-refractivity contribution in [2.75, 3.05) is 0 Å². The minimum atomic E-state index is -0.529. The second kappa shape index (κ2) is 11.0. The van der Waals surface area contributed by atoms with Crippen LogP contribution < -0.4 is 0 Å². The van der Waals surface area contributed by atoms with Crippen LogP contribution in [0.5, 0.6) is 0 Å². The first-order valence-electron chi connectivity index (χ1n) is 12.8. The molecule has 0 saturated carbocycles. The van der Waals surface area contributed by atoms with Crippen molar-refractivity contribution in [3.8, 4) is 39.8 Å². The zero-order chi connectivity index (χ0) is 28.3. The van der Waals surface area contributed by atoms with Crippen LogP contribution in [-0.4, -0.2) is 35.8 Å². The molecule has 0 bridgehead atoms. The number of hydrogen-bond acceptors (Lipinski definition) is 7. The molecule has 0 spiro atoms. The van der Waals surface area contributed by atoms with Gasteiger partial charge in [-0.25, -0.2) is 0 Å². The Morgan fingerprint density at radius 1 is 0.927 bits per heavy atom. The minimum Gasteiger partial charge on any atom is -0.455 e. The van der Waals surface area contributed by atoms with Crippen molar-refractivity contribution in [2.45, 2.75) is 13.3 Å². The molecule has 11 heteroatoms. The summed E-state index contributed by atoms with van der Waals surface area (Å²) in [5.74, 6) is 1.93. The van der Waals surface area contributed by atoms with Gasteiger partial charge < -0.3 is 4.42 Å². The van der Waals surface area contributed by atoms with Gasteiger partial charge in [0.25, 0.3) is 11.6 Å². The van der Waals surface area contributed by atoms with E-state index in [-0.39, 0.29) is 10.7 Å². The van der Waals surface area contributed by atoms with Crippen molar-refractivity contribution in [1.82, 2.24) is 24.7 Å². The summed E-state index contributed by atoms with van der Waals surface area (Å²) in [6, 6.07) is 29.8. The van der Waals surface area contributed by atoms with Crippen LogP contribution in [0.1, 0.15) is 18.5 Å². The minimum absolute atomic E-state index is 0.0586. The average Bonchev–Trinajstić information content (AvgIpc) is 3.75. The summed E-state index contributed by atoms with van der Waals surface area (Å²) in [7, 11) is 0. The lowest BCUT2D eigenvalue weighted by Gasteiger charge is -2.07. The number of nitro benzene ring substituents is 1. The molecule has 202 valence electrons. The van der Waals surface area contributed by atoms with Crippen LogP contribution in [0.25, 0.3) is 39.8 Å². The highest BCUT2D eigenvalue weighted by Crippen LogP contribution is 2.31. The molecule has 3 heterocycles. The van der Waals surface area contributed by atoms with Gasteiger partial charge in [-0.3, -0.25) is 10.1 Å². The molecule has 0 amide bonds. The number of aromatic nitrogens is 5. The Hall–Kier alpha value is -5.35. The van der Waals surface area contributed by atoms with Gasteiger partial charge in [0, 0.05) is 29.2 Å². The maximum Gasteiger partial charge on any atom is 0.288 e. The van der Waals surface area contributed by atoms with E-state index in [2.05, 4.69) is 15.3 Å². The topological polar surface area (TPSA) is 117 Å². The maximum atomic E-state index is 11.3. The van der Waals surface area contributed by atoms with Gasteiger partial charge in [0.15, 0.2) is 5.82 Å². The van der Waals surface area contributed by atoms with E-state index in [0.29, 0.717) is 35.3 Å². The zero-order valence-corrected chi connectivity index (χ0v) is 22.5. The second-order valence-corrected chi connectivity index (χ2v) is 9.42. The monoisotopic (exact) mass is 563 g/mol. The van der Waals surface area contributed by atoms with E-state index in [1.807, 2.05) is 73.7 Å². The Balaban J connectivity index is 1.39. The molecule has 3 aromatic heterocycles. The molecule has 10 nitrogen and oxygen atoms in total. The summed E-state index contributed by atoms with van der Waals surface area (Å²) in [5, 5.41) is 29.7. The molecular weight excluding hydrogens is 542 g/mol. The lowest BCUT2D eigenvalue weighted by molar-refractivity contribution is -0.384. The van der Waals surface area contributed by atoms with E-state index in [4.69, 9.17) is 21.1 Å². The van der Waals surface area contributed by atoms with Gasteiger partial charge in [-0.1, -0.05) is 79.2 Å². The van der Waals surface area contributed by atoms with Crippen LogP contribution in [0.3, 0.4) is 0 Å². The van der Waals surface area contributed by atoms with Gasteiger partial charge in [-0.15, -0.1) is 10.2 Å². The van der Waals surface area contributed by atoms with Crippen LogP contribution in [-0.2, 0) is 6.42 Å². The molecule has 0 aliphatic carbocycles. The molecule has 0 fully saturated rings. The molecule has 6 aromatic rings. The Morgan fingerprint density at radius 3 is 2.37 bits per heavy atom. The van der Waals surface area contributed by atoms with Gasteiger partial charge in [0.1, 0.15) is 16.5 Å². The first-order chi connectivity index (χ1) is 20.0. The molecule has 0 aliphatic heterocycles. The van der Waals surface area contributed by atoms with Gasteiger partial charge in [-0.05, 0) is 30.3 Å². The van der Waals surface area contributed by atoms with Crippen molar-refractivity contribution < 1.29 is 9.34 Å². The number of hydrogen-bond donors (Lipinski definition) is 0. The van der Waals surface area contributed by atoms with Crippen LogP contribution >= 0.6 is 11.6 Å². The highest BCUT2D eigenvalue weighted by Gasteiger charge is 2.20. The number of rotatable bonds is 8. The summed E-state index contributed by atoms with van der Waals surface area (Å²) in [6.45, 7) is 1.97. The summed E-state index contributed by atoms with van der Waals surface area (Å²) in [4.78, 5) is 10.8. The second-order valence-electron chi connectivity index (χ2n) is 9.01. The summed E-state index contributed by atoms with van der Waals surface area (Å²) in [6.07, 6.45) is 2.12. The molecule has 0 unspecified atom stereocenters. The summed E-state index contributed by atoms with van der Waals surface area (Å²) in [5.41, 5.74) is 3.89. The van der Waals surface area contributed by atoms with Crippen molar-refractivity contribution in [1.29, 1.82) is 0 Å².